The van der Waals surface area contributed by atoms with Crippen LogP contribution in [0.5, 0.6) is 0 Å². The summed E-state index contributed by atoms with van der Waals surface area (Å²) in [5.41, 5.74) is 3.82. The number of halogens is 1. The average Bonchev–Trinajstić information content (AvgIpc) is 2.64. The molecule has 0 saturated carbocycles. The van der Waals surface area contributed by atoms with Gasteiger partial charge in [-0.2, -0.15) is 0 Å². The van der Waals surface area contributed by atoms with Crippen molar-refractivity contribution in [3.05, 3.63) is 82.3 Å². The van der Waals surface area contributed by atoms with Crippen LogP contribution in [0.2, 0.25) is 0 Å². The molecule has 3 aromatic carbocycles. The minimum Gasteiger partial charge on any atom is -0.392 e. The van der Waals surface area contributed by atoms with E-state index in [0.717, 1.165) is 15.6 Å². The van der Waals surface area contributed by atoms with Gasteiger partial charge < -0.3 is 5.11 Å². The standard InChI is InChI=1S/C20H18BrNO3S/c1-14-17(13-23)3-2-4-20(14)22-26(24,25)19-11-7-16(8-12-19)15-5-9-18(21)10-6-15/h2-12,22-23H,13H2,1H3. The Morgan fingerprint density at radius 2 is 1.50 bits per heavy atom. The first kappa shape index (κ1) is 18.6. The number of aliphatic hydroxyl groups excluding tert-OH is 1. The summed E-state index contributed by atoms with van der Waals surface area (Å²) in [7, 11) is -3.71. The number of aliphatic hydroxyl groups is 1. The van der Waals surface area contributed by atoms with Crippen molar-refractivity contribution in [2.45, 2.75) is 18.4 Å². The molecule has 0 unspecified atom stereocenters. The van der Waals surface area contributed by atoms with Gasteiger partial charge in [-0.15, -0.1) is 0 Å². The fourth-order valence-corrected chi connectivity index (χ4v) is 4.03. The molecule has 3 rings (SSSR count). The van der Waals surface area contributed by atoms with Gasteiger partial charge in [-0.1, -0.05) is 52.3 Å². The van der Waals surface area contributed by atoms with Crippen molar-refractivity contribution < 1.29 is 13.5 Å². The van der Waals surface area contributed by atoms with Crippen LogP contribution in [0.25, 0.3) is 11.1 Å². The first-order chi connectivity index (χ1) is 12.4. The van der Waals surface area contributed by atoms with Crippen LogP contribution < -0.4 is 4.72 Å². The van der Waals surface area contributed by atoms with Crippen LogP contribution in [0, 0.1) is 6.92 Å². The molecular formula is C20H18BrNO3S. The lowest BCUT2D eigenvalue weighted by atomic mass is 10.1. The fraction of sp³-hybridized carbons (Fsp3) is 0.100. The largest absolute Gasteiger partial charge is 0.392 e. The normalized spacial score (nSPS) is 11.3. The molecule has 0 fully saturated rings. The molecule has 0 spiro atoms. The number of hydrogen-bond acceptors (Lipinski definition) is 3. The molecule has 0 heterocycles. The molecule has 0 bridgehead atoms. The van der Waals surface area contributed by atoms with Crippen LogP contribution in [-0.2, 0) is 16.6 Å². The second-order valence-corrected chi connectivity index (χ2v) is 8.48. The molecule has 0 saturated heterocycles. The van der Waals surface area contributed by atoms with E-state index < -0.39 is 10.0 Å². The lowest BCUT2D eigenvalue weighted by Gasteiger charge is -2.13. The third kappa shape index (κ3) is 3.98. The zero-order valence-corrected chi connectivity index (χ0v) is 16.5. The first-order valence-corrected chi connectivity index (χ1v) is 10.3. The zero-order chi connectivity index (χ0) is 18.7. The summed E-state index contributed by atoms with van der Waals surface area (Å²) < 4.78 is 28.9. The second-order valence-electron chi connectivity index (χ2n) is 5.88. The van der Waals surface area contributed by atoms with Crippen LogP contribution in [-0.4, -0.2) is 13.5 Å². The lowest BCUT2D eigenvalue weighted by molar-refractivity contribution is 0.281. The number of hydrogen-bond donors (Lipinski definition) is 2. The maximum atomic E-state index is 12.7. The molecule has 2 N–H and O–H groups in total. The van der Waals surface area contributed by atoms with Crippen molar-refractivity contribution in [1.29, 1.82) is 0 Å². The zero-order valence-electron chi connectivity index (χ0n) is 14.1. The Bertz CT molecular complexity index is 1010. The highest BCUT2D eigenvalue weighted by atomic mass is 79.9. The molecule has 0 aliphatic carbocycles. The van der Waals surface area contributed by atoms with Gasteiger partial charge in [0.2, 0.25) is 0 Å². The van der Waals surface area contributed by atoms with Crippen molar-refractivity contribution in [2.24, 2.45) is 0 Å². The minimum absolute atomic E-state index is 0.136. The molecular weight excluding hydrogens is 414 g/mol. The van der Waals surface area contributed by atoms with Gasteiger partial charge in [0.05, 0.1) is 17.2 Å². The topological polar surface area (TPSA) is 66.4 Å². The summed E-state index contributed by atoms with van der Waals surface area (Å²) in [5, 5.41) is 9.33. The molecule has 4 nitrogen and oxygen atoms in total. The quantitative estimate of drug-likeness (QED) is 0.613. The van der Waals surface area contributed by atoms with E-state index in [-0.39, 0.29) is 11.5 Å². The van der Waals surface area contributed by atoms with E-state index in [1.807, 2.05) is 24.3 Å². The SMILES string of the molecule is Cc1c(CO)cccc1NS(=O)(=O)c1ccc(-c2ccc(Br)cc2)cc1. The molecule has 134 valence electrons. The van der Waals surface area contributed by atoms with Gasteiger partial charge in [-0.05, 0) is 59.5 Å². The maximum Gasteiger partial charge on any atom is 0.261 e. The van der Waals surface area contributed by atoms with E-state index in [4.69, 9.17) is 0 Å². The van der Waals surface area contributed by atoms with Crippen LogP contribution in [0.1, 0.15) is 11.1 Å². The number of benzene rings is 3. The highest BCUT2D eigenvalue weighted by molar-refractivity contribution is 9.10. The third-order valence-electron chi connectivity index (χ3n) is 4.20. The highest BCUT2D eigenvalue weighted by Gasteiger charge is 2.16. The van der Waals surface area contributed by atoms with Crippen LogP contribution in [0.3, 0.4) is 0 Å². The van der Waals surface area contributed by atoms with Gasteiger partial charge in [0, 0.05) is 4.47 Å². The van der Waals surface area contributed by atoms with Crippen LogP contribution >= 0.6 is 15.9 Å². The molecule has 0 amide bonds. The van der Waals surface area contributed by atoms with Crippen molar-refractivity contribution in [3.8, 4) is 11.1 Å². The Morgan fingerprint density at radius 1 is 0.923 bits per heavy atom. The third-order valence-corrected chi connectivity index (χ3v) is 6.11. The summed E-state index contributed by atoms with van der Waals surface area (Å²) in [6.45, 7) is 1.64. The van der Waals surface area contributed by atoms with Gasteiger partial charge in [-0.3, -0.25) is 4.72 Å². The molecule has 3 aromatic rings. The molecule has 0 radical (unpaired) electrons. The van der Waals surface area contributed by atoms with E-state index in [1.54, 1.807) is 49.4 Å². The Kier molecular flexibility index (Phi) is 5.46. The summed E-state index contributed by atoms with van der Waals surface area (Å²) in [5.74, 6) is 0. The predicted octanol–water partition coefficient (Wildman–Crippen LogP) is 4.72. The van der Waals surface area contributed by atoms with Gasteiger partial charge in [0.1, 0.15) is 0 Å². The van der Waals surface area contributed by atoms with Crippen molar-refractivity contribution in [2.75, 3.05) is 4.72 Å². The molecule has 0 aliphatic heterocycles. The highest BCUT2D eigenvalue weighted by Crippen LogP contribution is 2.26. The Hall–Kier alpha value is -2.15. The Balaban J connectivity index is 1.87. The second kappa shape index (κ2) is 7.61. The van der Waals surface area contributed by atoms with Gasteiger partial charge >= 0.3 is 0 Å². The number of rotatable bonds is 5. The number of sulfonamides is 1. The summed E-state index contributed by atoms with van der Waals surface area (Å²) in [6, 6.07) is 19.7. The van der Waals surface area contributed by atoms with E-state index >= 15 is 0 Å². The monoisotopic (exact) mass is 431 g/mol. The molecule has 0 atom stereocenters. The number of nitrogens with one attached hydrogen (secondary N) is 1. The Labute approximate surface area is 161 Å². The van der Waals surface area contributed by atoms with Crippen molar-refractivity contribution >= 4 is 31.6 Å². The first-order valence-electron chi connectivity index (χ1n) is 7.99. The molecule has 26 heavy (non-hydrogen) atoms. The summed E-state index contributed by atoms with van der Waals surface area (Å²) in [6.07, 6.45) is 0. The average molecular weight is 432 g/mol. The molecule has 6 heteroatoms. The van der Waals surface area contributed by atoms with Crippen LogP contribution in [0.4, 0.5) is 5.69 Å². The lowest BCUT2D eigenvalue weighted by Crippen LogP contribution is -2.14. The fourth-order valence-electron chi connectivity index (χ4n) is 2.64. The van der Waals surface area contributed by atoms with E-state index in [0.29, 0.717) is 16.8 Å². The minimum atomic E-state index is -3.71. The van der Waals surface area contributed by atoms with Gasteiger partial charge in [0.15, 0.2) is 0 Å². The molecule has 0 aliphatic rings. The maximum absolute atomic E-state index is 12.7. The van der Waals surface area contributed by atoms with E-state index in [9.17, 15) is 13.5 Å². The van der Waals surface area contributed by atoms with Crippen molar-refractivity contribution in [3.63, 3.8) is 0 Å². The van der Waals surface area contributed by atoms with Gasteiger partial charge in [0.25, 0.3) is 10.0 Å². The van der Waals surface area contributed by atoms with E-state index in [1.165, 1.54) is 0 Å². The van der Waals surface area contributed by atoms with Crippen LogP contribution in [0.15, 0.2) is 76.1 Å². The Morgan fingerprint density at radius 3 is 2.08 bits per heavy atom. The number of anilines is 1. The van der Waals surface area contributed by atoms with E-state index in [2.05, 4.69) is 20.7 Å². The molecule has 0 aromatic heterocycles. The summed E-state index contributed by atoms with van der Waals surface area (Å²) in [4.78, 5) is 0.187. The van der Waals surface area contributed by atoms with Gasteiger partial charge in [-0.25, -0.2) is 8.42 Å². The smallest absolute Gasteiger partial charge is 0.261 e. The predicted molar refractivity (Wildman–Crippen MR) is 107 cm³/mol. The van der Waals surface area contributed by atoms with Crippen molar-refractivity contribution in [1.82, 2.24) is 0 Å². The summed E-state index contributed by atoms with van der Waals surface area (Å²) >= 11 is 3.40.